The number of nitrogens with zero attached hydrogens (tertiary/aromatic N) is 4. The van der Waals surface area contributed by atoms with Crippen LogP contribution in [0.2, 0.25) is 0 Å². The molecule has 0 fully saturated rings. The summed E-state index contributed by atoms with van der Waals surface area (Å²) in [6.07, 6.45) is 3.56. The molecule has 1 amide bonds. The van der Waals surface area contributed by atoms with Crippen molar-refractivity contribution in [2.45, 2.75) is 25.3 Å². The minimum atomic E-state index is -3.51. The Morgan fingerprint density at radius 1 is 1.16 bits per heavy atom. The lowest BCUT2D eigenvalue weighted by molar-refractivity contribution is 0.0785. The number of carbonyl (C=O) groups excluding carboxylic acids is 1. The lowest BCUT2D eigenvalue weighted by atomic mass is 10.2. The lowest BCUT2D eigenvalue weighted by Crippen LogP contribution is -2.30. The van der Waals surface area contributed by atoms with Crippen molar-refractivity contribution >= 4 is 15.9 Å². The van der Waals surface area contributed by atoms with Gasteiger partial charge in [-0.3, -0.25) is 9.48 Å². The van der Waals surface area contributed by atoms with Crippen molar-refractivity contribution in [2.75, 3.05) is 20.1 Å². The quantitative estimate of drug-likeness (QED) is 0.750. The van der Waals surface area contributed by atoms with Crippen LogP contribution < -0.4 is 0 Å². The van der Waals surface area contributed by atoms with Gasteiger partial charge < -0.3 is 4.90 Å². The molecular formula is C17H24N4O3S. The Balaban J connectivity index is 2.14. The number of sulfonamides is 1. The Kier molecular flexibility index (Phi) is 5.97. The van der Waals surface area contributed by atoms with Crippen molar-refractivity contribution in [1.82, 2.24) is 19.0 Å². The molecule has 25 heavy (non-hydrogen) atoms. The molecule has 1 heterocycles. The first-order chi connectivity index (χ1) is 11.8. The van der Waals surface area contributed by atoms with Gasteiger partial charge in [-0.1, -0.05) is 13.8 Å². The molecule has 0 N–H and O–H groups in total. The van der Waals surface area contributed by atoms with Crippen molar-refractivity contribution in [3.8, 4) is 0 Å². The van der Waals surface area contributed by atoms with Crippen molar-refractivity contribution in [2.24, 2.45) is 7.05 Å². The SMILES string of the molecule is CCN(CC)S(=O)(=O)c1ccc(C(=O)N(C)Cc2cnn(C)c2)cc1. The maximum Gasteiger partial charge on any atom is 0.253 e. The van der Waals surface area contributed by atoms with Gasteiger partial charge in [-0.15, -0.1) is 0 Å². The van der Waals surface area contributed by atoms with E-state index in [1.165, 1.54) is 16.4 Å². The zero-order valence-corrected chi connectivity index (χ0v) is 15.8. The summed E-state index contributed by atoms with van der Waals surface area (Å²) >= 11 is 0. The molecule has 0 saturated heterocycles. The largest absolute Gasteiger partial charge is 0.337 e. The van der Waals surface area contributed by atoms with Crippen LogP contribution >= 0.6 is 0 Å². The first kappa shape index (κ1) is 19.1. The van der Waals surface area contributed by atoms with Crippen LogP contribution in [0.5, 0.6) is 0 Å². The molecule has 0 aliphatic carbocycles. The smallest absolute Gasteiger partial charge is 0.253 e. The van der Waals surface area contributed by atoms with Crippen LogP contribution in [-0.2, 0) is 23.6 Å². The number of benzene rings is 1. The first-order valence-electron chi connectivity index (χ1n) is 8.12. The van der Waals surface area contributed by atoms with Gasteiger partial charge in [-0.25, -0.2) is 8.42 Å². The molecule has 136 valence electrons. The minimum absolute atomic E-state index is 0.171. The van der Waals surface area contributed by atoms with Gasteiger partial charge >= 0.3 is 0 Å². The second-order valence-electron chi connectivity index (χ2n) is 5.80. The van der Waals surface area contributed by atoms with E-state index in [1.807, 2.05) is 13.2 Å². The van der Waals surface area contributed by atoms with Gasteiger partial charge in [0, 0.05) is 51.1 Å². The third kappa shape index (κ3) is 4.26. The van der Waals surface area contributed by atoms with Gasteiger partial charge in [0.15, 0.2) is 0 Å². The molecule has 2 rings (SSSR count). The number of rotatable bonds is 7. The highest BCUT2D eigenvalue weighted by atomic mass is 32.2. The summed E-state index contributed by atoms with van der Waals surface area (Å²) < 4.78 is 28.0. The lowest BCUT2D eigenvalue weighted by Gasteiger charge is -2.19. The van der Waals surface area contributed by atoms with Crippen molar-refractivity contribution < 1.29 is 13.2 Å². The molecule has 0 saturated carbocycles. The third-order valence-corrected chi connectivity index (χ3v) is 6.03. The summed E-state index contributed by atoms with van der Waals surface area (Å²) in [7, 11) is 0.0118. The van der Waals surface area contributed by atoms with E-state index >= 15 is 0 Å². The van der Waals surface area contributed by atoms with Crippen LogP contribution in [0, 0.1) is 0 Å². The standard InChI is InChI=1S/C17H24N4O3S/c1-5-21(6-2)25(23,24)16-9-7-15(8-10-16)17(22)19(3)12-14-11-18-20(4)13-14/h7-11,13H,5-6,12H2,1-4H3. The molecular weight excluding hydrogens is 340 g/mol. The molecule has 0 aliphatic rings. The van der Waals surface area contributed by atoms with Crippen LogP contribution in [-0.4, -0.2) is 53.4 Å². The number of hydrogen-bond acceptors (Lipinski definition) is 4. The van der Waals surface area contributed by atoms with E-state index in [9.17, 15) is 13.2 Å². The topological polar surface area (TPSA) is 75.5 Å². The predicted octanol–water partition coefficient (Wildman–Crippen LogP) is 1.72. The highest BCUT2D eigenvalue weighted by molar-refractivity contribution is 7.89. The molecule has 8 heteroatoms. The highest BCUT2D eigenvalue weighted by Gasteiger charge is 2.22. The minimum Gasteiger partial charge on any atom is -0.337 e. The molecule has 0 atom stereocenters. The summed E-state index contributed by atoms with van der Waals surface area (Å²) in [5.74, 6) is -0.171. The van der Waals surface area contributed by atoms with Crippen molar-refractivity contribution in [3.63, 3.8) is 0 Å². The fraction of sp³-hybridized carbons (Fsp3) is 0.412. The fourth-order valence-electron chi connectivity index (χ4n) is 2.60. The van der Waals surface area contributed by atoms with Gasteiger partial charge in [0.2, 0.25) is 10.0 Å². The zero-order valence-electron chi connectivity index (χ0n) is 15.0. The average Bonchev–Trinajstić information content (AvgIpc) is 3.00. The van der Waals surface area contributed by atoms with Crippen LogP contribution in [0.1, 0.15) is 29.8 Å². The molecule has 1 aromatic carbocycles. The highest BCUT2D eigenvalue weighted by Crippen LogP contribution is 2.17. The molecule has 0 bridgehead atoms. The Morgan fingerprint density at radius 3 is 2.24 bits per heavy atom. The molecule has 0 aliphatic heterocycles. The van der Waals surface area contributed by atoms with E-state index in [1.54, 1.807) is 48.8 Å². The molecule has 0 unspecified atom stereocenters. The van der Waals surface area contributed by atoms with E-state index in [4.69, 9.17) is 0 Å². The summed E-state index contributed by atoms with van der Waals surface area (Å²) in [6, 6.07) is 6.08. The first-order valence-corrected chi connectivity index (χ1v) is 9.56. The average molecular weight is 364 g/mol. The Labute approximate surface area is 148 Å². The number of carbonyl (C=O) groups is 1. The summed E-state index contributed by atoms with van der Waals surface area (Å²) in [6.45, 7) is 4.85. The van der Waals surface area contributed by atoms with E-state index in [0.717, 1.165) is 5.56 Å². The second kappa shape index (κ2) is 7.79. The maximum absolute atomic E-state index is 12.5. The predicted molar refractivity (Wildman–Crippen MR) is 95.6 cm³/mol. The molecule has 0 radical (unpaired) electrons. The summed E-state index contributed by atoms with van der Waals surface area (Å²) in [5, 5.41) is 4.08. The monoisotopic (exact) mass is 364 g/mol. The molecule has 2 aromatic rings. The number of hydrogen-bond donors (Lipinski definition) is 0. The van der Waals surface area contributed by atoms with Crippen LogP contribution in [0.3, 0.4) is 0 Å². The normalized spacial score (nSPS) is 11.7. The van der Waals surface area contributed by atoms with Gasteiger partial charge in [0.25, 0.3) is 5.91 Å². The number of amides is 1. The van der Waals surface area contributed by atoms with E-state index < -0.39 is 10.0 Å². The third-order valence-electron chi connectivity index (χ3n) is 3.97. The van der Waals surface area contributed by atoms with Gasteiger partial charge in [-0.2, -0.15) is 9.40 Å². The Bertz CT molecular complexity index is 824. The summed E-state index contributed by atoms with van der Waals surface area (Å²) in [4.78, 5) is 14.3. The van der Waals surface area contributed by atoms with Gasteiger partial charge in [0.05, 0.1) is 11.1 Å². The zero-order chi connectivity index (χ0) is 18.6. The van der Waals surface area contributed by atoms with Gasteiger partial charge in [0.1, 0.15) is 0 Å². The summed E-state index contributed by atoms with van der Waals surface area (Å²) in [5.41, 5.74) is 1.38. The van der Waals surface area contributed by atoms with Crippen LogP contribution in [0.15, 0.2) is 41.6 Å². The van der Waals surface area contributed by atoms with E-state index in [0.29, 0.717) is 25.2 Å². The van der Waals surface area contributed by atoms with Crippen LogP contribution in [0.25, 0.3) is 0 Å². The second-order valence-corrected chi connectivity index (χ2v) is 7.74. The molecule has 0 spiro atoms. The Morgan fingerprint density at radius 2 is 1.76 bits per heavy atom. The van der Waals surface area contributed by atoms with E-state index in [-0.39, 0.29) is 10.8 Å². The Hall–Kier alpha value is -2.19. The number of aryl methyl sites for hydroxylation is 1. The molecule has 7 nitrogen and oxygen atoms in total. The van der Waals surface area contributed by atoms with E-state index in [2.05, 4.69) is 5.10 Å². The van der Waals surface area contributed by atoms with Crippen LogP contribution in [0.4, 0.5) is 0 Å². The number of aromatic nitrogens is 2. The fourth-order valence-corrected chi connectivity index (χ4v) is 4.06. The van der Waals surface area contributed by atoms with Crippen molar-refractivity contribution in [1.29, 1.82) is 0 Å². The molecule has 1 aromatic heterocycles. The maximum atomic E-state index is 12.5. The van der Waals surface area contributed by atoms with Crippen molar-refractivity contribution in [3.05, 3.63) is 47.8 Å². The van der Waals surface area contributed by atoms with Gasteiger partial charge in [-0.05, 0) is 24.3 Å².